The Morgan fingerprint density at radius 2 is 1.88 bits per heavy atom. The molecular formula is C11H18N2O3S. The smallest absolute Gasteiger partial charge is 0.296 e. The Morgan fingerprint density at radius 3 is 2.41 bits per heavy atom. The summed E-state index contributed by atoms with van der Waals surface area (Å²) in [6, 6.07) is 0. The first kappa shape index (κ1) is 12.4. The summed E-state index contributed by atoms with van der Waals surface area (Å²) in [7, 11) is -0.0205. The van der Waals surface area contributed by atoms with Crippen LogP contribution in [0, 0.1) is 0 Å². The number of hydrogen-bond acceptors (Lipinski definition) is 5. The maximum absolute atomic E-state index is 12.1. The highest BCUT2D eigenvalue weighted by Crippen LogP contribution is 2.26. The van der Waals surface area contributed by atoms with Gasteiger partial charge < -0.3 is 9.80 Å². The van der Waals surface area contributed by atoms with Gasteiger partial charge in [0.15, 0.2) is 0 Å². The molecule has 0 fully saturated rings. The Hall–Kier alpha value is -1.01. The lowest BCUT2D eigenvalue weighted by atomic mass is 10.1. The van der Waals surface area contributed by atoms with Crippen LogP contribution < -0.4 is 0 Å². The van der Waals surface area contributed by atoms with E-state index in [0.29, 0.717) is 11.3 Å². The lowest BCUT2D eigenvalue weighted by Gasteiger charge is -2.27. The molecular weight excluding hydrogens is 240 g/mol. The molecule has 0 atom stereocenters. The van der Waals surface area contributed by atoms with Crippen LogP contribution in [0.1, 0.15) is 25.7 Å². The third-order valence-electron chi connectivity index (χ3n) is 3.02. The van der Waals surface area contributed by atoms with E-state index in [-0.39, 0.29) is 0 Å². The molecule has 0 aromatic rings. The van der Waals surface area contributed by atoms with Crippen molar-refractivity contribution in [2.45, 2.75) is 32.0 Å². The molecule has 0 saturated carbocycles. The maximum Gasteiger partial charge on any atom is 0.296 e. The van der Waals surface area contributed by atoms with Crippen molar-refractivity contribution in [3.63, 3.8) is 0 Å². The van der Waals surface area contributed by atoms with Crippen molar-refractivity contribution in [3.05, 3.63) is 23.4 Å². The highest BCUT2D eigenvalue weighted by atomic mass is 32.2. The summed E-state index contributed by atoms with van der Waals surface area (Å²) in [4.78, 5) is 3.87. The van der Waals surface area contributed by atoms with Crippen LogP contribution in [0.5, 0.6) is 0 Å². The summed E-state index contributed by atoms with van der Waals surface area (Å²) in [5, 5.41) is 0. The van der Waals surface area contributed by atoms with Crippen LogP contribution in [0.25, 0.3) is 0 Å². The maximum atomic E-state index is 12.1. The van der Waals surface area contributed by atoms with Crippen molar-refractivity contribution in [3.8, 4) is 0 Å². The highest BCUT2D eigenvalue weighted by molar-refractivity contribution is 7.90. The number of allylic oxidation sites excluding steroid dienone is 2. The summed E-state index contributed by atoms with van der Waals surface area (Å²) >= 11 is 0. The second kappa shape index (κ2) is 4.70. The molecule has 1 aliphatic heterocycles. The molecule has 17 heavy (non-hydrogen) atoms. The van der Waals surface area contributed by atoms with Crippen LogP contribution >= 0.6 is 0 Å². The monoisotopic (exact) mass is 258 g/mol. The van der Waals surface area contributed by atoms with E-state index in [1.54, 1.807) is 42.4 Å². The van der Waals surface area contributed by atoms with Crippen molar-refractivity contribution in [2.75, 3.05) is 14.1 Å². The minimum atomic E-state index is -3.59. The number of rotatable bonds is 3. The number of nitrogens with zero attached hydrogens (tertiary/aromatic N) is 2. The van der Waals surface area contributed by atoms with Gasteiger partial charge in [-0.3, -0.25) is 0 Å². The van der Waals surface area contributed by atoms with E-state index in [1.807, 2.05) is 0 Å². The molecule has 2 rings (SSSR count). The quantitative estimate of drug-likeness (QED) is 0.717. The second-order valence-corrected chi connectivity index (χ2v) is 6.05. The van der Waals surface area contributed by atoms with Gasteiger partial charge in [0, 0.05) is 26.5 Å². The largest absolute Gasteiger partial charge is 0.336 e. The zero-order chi connectivity index (χ0) is 12.5. The van der Waals surface area contributed by atoms with E-state index in [0.717, 1.165) is 19.3 Å². The topological polar surface area (TPSA) is 49.9 Å². The lowest BCUT2D eigenvalue weighted by Crippen LogP contribution is -2.38. The molecule has 1 heterocycles. The van der Waals surface area contributed by atoms with E-state index in [4.69, 9.17) is 4.18 Å². The second-order valence-electron chi connectivity index (χ2n) is 4.42. The third-order valence-corrected chi connectivity index (χ3v) is 4.46. The Kier molecular flexibility index (Phi) is 3.44. The van der Waals surface area contributed by atoms with Crippen LogP contribution in [0.2, 0.25) is 0 Å². The van der Waals surface area contributed by atoms with Gasteiger partial charge in [0.05, 0.1) is 4.91 Å². The van der Waals surface area contributed by atoms with E-state index in [2.05, 4.69) is 0 Å². The molecule has 0 aromatic carbocycles. The standard InChI is InChI=1S/C11H18N2O3S/c1-12-8-9-13(2)11(12)16-17(14,15)10-6-4-3-5-7-10/h6,8-9,11H,3-5,7H2,1-2H3. The van der Waals surface area contributed by atoms with Gasteiger partial charge in [-0.25, -0.2) is 4.18 Å². The zero-order valence-electron chi connectivity index (χ0n) is 10.2. The van der Waals surface area contributed by atoms with Gasteiger partial charge in [0.1, 0.15) is 0 Å². The molecule has 0 amide bonds. The Bertz CT molecular complexity index is 430. The minimum absolute atomic E-state index is 0.428. The molecule has 1 aliphatic carbocycles. The van der Waals surface area contributed by atoms with Gasteiger partial charge in [-0.2, -0.15) is 8.42 Å². The van der Waals surface area contributed by atoms with E-state index >= 15 is 0 Å². The van der Waals surface area contributed by atoms with Crippen LogP contribution in [0.4, 0.5) is 0 Å². The van der Waals surface area contributed by atoms with E-state index in [1.165, 1.54) is 0 Å². The van der Waals surface area contributed by atoms with Gasteiger partial charge in [-0.15, -0.1) is 0 Å². The van der Waals surface area contributed by atoms with Gasteiger partial charge in [-0.1, -0.05) is 6.08 Å². The molecule has 0 unspecified atom stereocenters. The highest BCUT2D eigenvalue weighted by Gasteiger charge is 2.30. The van der Waals surface area contributed by atoms with Gasteiger partial charge >= 0.3 is 0 Å². The Balaban J connectivity index is 2.10. The predicted octanol–water partition coefficient (Wildman–Crippen LogP) is 1.42. The predicted molar refractivity (Wildman–Crippen MR) is 65.0 cm³/mol. The molecule has 96 valence electrons. The SMILES string of the molecule is CN1C=CN(C)C1OS(=O)(=O)C1=CCCCC1. The van der Waals surface area contributed by atoms with Crippen molar-refractivity contribution in [1.29, 1.82) is 0 Å². The molecule has 0 spiro atoms. The third kappa shape index (κ3) is 2.63. The fourth-order valence-electron chi connectivity index (χ4n) is 1.99. The lowest BCUT2D eigenvalue weighted by molar-refractivity contribution is 0.00582. The first-order chi connectivity index (χ1) is 8.00. The van der Waals surface area contributed by atoms with E-state index < -0.39 is 16.5 Å². The fourth-order valence-corrected chi connectivity index (χ4v) is 3.33. The van der Waals surface area contributed by atoms with Crippen LogP contribution in [-0.2, 0) is 14.3 Å². The average Bonchev–Trinajstić information content (AvgIpc) is 2.62. The summed E-state index contributed by atoms with van der Waals surface area (Å²) in [5.74, 6) is 0. The summed E-state index contributed by atoms with van der Waals surface area (Å²) in [5.41, 5.74) is 0. The molecule has 6 heteroatoms. The van der Waals surface area contributed by atoms with Crippen molar-refractivity contribution in [2.24, 2.45) is 0 Å². The minimum Gasteiger partial charge on any atom is -0.336 e. The molecule has 5 nitrogen and oxygen atoms in total. The zero-order valence-corrected chi connectivity index (χ0v) is 11.0. The molecule has 0 N–H and O–H groups in total. The van der Waals surface area contributed by atoms with Gasteiger partial charge in [0.2, 0.25) is 6.35 Å². The van der Waals surface area contributed by atoms with E-state index in [9.17, 15) is 8.42 Å². The Labute approximate surface area is 102 Å². The first-order valence-electron chi connectivity index (χ1n) is 5.75. The average molecular weight is 258 g/mol. The van der Waals surface area contributed by atoms with Crippen molar-refractivity contribution >= 4 is 10.1 Å². The van der Waals surface area contributed by atoms with Crippen molar-refractivity contribution < 1.29 is 12.6 Å². The van der Waals surface area contributed by atoms with Crippen LogP contribution in [0.3, 0.4) is 0 Å². The van der Waals surface area contributed by atoms with Gasteiger partial charge in [-0.05, 0) is 25.7 Å². The summed E-state index contributed by atoms with van der Waals surface area (Å²) in [6.07, 6.45) is 8.18. The van der Waals surface area contributed by atoms with Crippen LogP contribution in [0.15, 0.2) is 23.4 Å². The van der Waals surface area contributed by atoms with Crippen LogP contribution in [-0.4, -0.2) is 38.7 Å². The summed E-state index contributed by atoms with van der Waals surface area (Å²) in [6.45, 7) is 0. The molecule has 0 radical (unpaired) electrons. The number of hydrogen-bond donors (Lipinski definition) is 0. The normalized spacial score (nSPS) is 22.1. The summed E-state index contributed by atoms with van der Waals surface area (Å²) < 4.78 is 29.4. The molecule has 0 saturated heterocycles. The first-order valence-corrected chi connectivity index (χ1v) is 7.16. The van der Waals surface area contributed by atoms with Gasteiger partial charge in [0.25, 0.3) is 10.1 Å². The Morgan fingerprint density at radius 1 is 1.24 bits per heavy atom. The fraction of sp³-hybridized carbons (Fsp3) is 0.636. The molecule has 0 aromatic heterocycles. The van der Waals surface area contributed by atoms with Crippen molar-refractivity contribution in [1.82, 2.24) is 9.80 Å². The molecule has 0 bridgehead atoms. The molecule has 2 aliphatic rings.